The lowest BCUT2D eigenvalue weighted by atomic mass is 9.75. The van der Waals surface area contributed by atoms with Crippen LogP contribution in [-0.4, -0.2) is 9.78 Å². The quantitative estimate of drug-likeness (QED) is 0.642. The predicted molar refractivity (Wildman–Crippen MR) is 78.9 cm³/mol. The smallest absolute Gasteiger partial charge is 0.0835 e. The minimum Gasteiger partial charge on any atom is -0.271 e. The molecule has 5 heteroatoms. The molecule has 19 heavy (non-hydrogen) atoms. The third kappa shape index (κ3) is 2.54. The molecule has 2 rings (SSSR count). The number of nitrogens with zero attached hydrogens (tertiary/aromatic N) is 2. The van der Waals surface area contributed by atoms with Crippen molar-refractivity contribution in [2.24, 2.45) is 11.3 Å². The van der Waals surface area contributed by atoms with Crippen LogP contribution in [0.15, 0.2) is 6.20 Å². The van der Waals surface area contributed by atoms with Crippen LogP contribution in [0.2, 0.25) is 5.02 Å². The first kappa shape index (κ1) is 14.8. The fourth-order valence-electron chi connectivity index (χ4n) is 3.50. The second-order valence-electron chi connectivity index (χ2n) is 5.94. The second-order valence-corrected chi connectivity index (χ2v) is 6.35. The van der Waals surface area contributed by atoms with Crippen molar-refractivity contribution >= 4 is 11.6 Å². The van der Waals surface area contributed by atoms with E-state index in [4.69, 9.17) is 17.4 Å². The molecule has 1 heterocycles. The number of hydrazine groups is 1. The maximum absolute atomic E-state index is 6.38. The molecular formula is C14H25ClN4. The molecule has 1 saturated carbocycles. The minimum atomic E-state index is 0.0809. The monoisotopic (exact) mass is 284 g/mol. The first-order chi connectivity index (χ1) is 9.05. The maximum atomic E-state index is 6.38. The lowest BCUT2D eigenvalue weighted by molar-refractivity contribution is 0.177. The molecule has 1 aliphatic carbocycles. The highest BCUT2D eigenvalue weighted by Crippen LogP contribution is 2.51. The highest BCUT2D eigenvalue weighted by Gasteiger charge is 2.42. The molecule has 1 aliphatic rings. The molecule has 0 radical (unpaired) electrons. The summed E-state index contributed by atoms with van der Waals surface area (Å²) in [5.74, 6) is 5.89. The van der Waals surface area contributed by atoms with Crippen molar-refractivity contribution < 1.29 is 0 Å². The SMILES string of the molecule is CCC1(C(NN)c2c(Cl)cnn2C(C)C)CCCC1. The van der Waals surface area contributed by atoms with E-state index in [2.05, 4.69) is 31.3 Å². The van der Waals surface area contributed by atoms with E-state index in [0.717, 1.165) is 17.1 Å². The molecule has 108 valence electrons. The number of hydrogen-bond donors (Lipinski definition) is 2. The van der Waals surface area contributed by atoms with Crippen LogP contribution in [0.5, 0.6) is 0 Å². The molecule has 0 amide bonds. The predicted octanol–water partition coefficient (Wildman–Crippen LogP) is 3.59. The highest BCUT2D eigenvalue weighted by atomic mass is 35.5. The molecule has 0 bridgehead atoms. The fraction of sp³-hybridized carbons (Fsp3) is 0.786. The lowest BCUT2D eigenvalue weighted by Gasteiger charge is -2.37. The summed E-state index contributed by atoms with van der Waals surface area (Å²) < 4.78 is 2.00. The highest BCUT2D eigenvalue weighted by molar-refractivity contribution is 6.31. The van der Waals surface area contributed by atoms with Crippen LogP contribution in [0.4, 0.5) is 0 Å². The van der Waals surface area contributed by atoms with Gasteiger partial charge in [0, 0.05) is 6.04 Å². The Morgan fingerprint density at radius 3 is 2.58 bits per heavy atom. The van der Waals surface area contributed by atoms with Crippen molar-refractivity contribution in [2.75, 3.05) is 0 Å². The van der Waals surface area contributed by atoms with E-state index in [9.17, 15) is 0 Å². The van der Waals surface area contributed by atoms with Gasteiger partial charge in [0.05, 0.1) is 23.0 Å². The summed E-state index contributed by atoms with van der Waals surface area (Å²) in [4.78, 5) is 0. The van der Waals surface area contributed by atoms with Crippen LogP contribution in [0.25, 0.3) is 0 Å². The van der Waals surface area contributed by atoms with Crippen molar-refractivity contribution in [3.05, 3.63) is 16.9 Å². The minimum absolute atomic E-state index is 0.0809. The maximum Gasteiger partial charge on any atom is 0.0835 e. The number of rotatable bonds is 5. The fourth-order valence-corrected chi connectivity index (χ4v) is 3.74. The van der Waals surface area contributed by atoms with Crippen molar-refractivity contribution in [3.63, 3.8) is 0 Å². The summed E-state index contributed by atoms with van der Waals surface area (Å²) >= 11 is 6.38. The Balaban J connectivity index is 2.44. The van der Waals surface area contributed by atoms with E-state index in [-0.39, 0.29) is 17.5 Å². The molecule has 1 atom stereocenters. The Kier molecular flexibility index (Phi) is 4.54. The van der Waals surface area contributed by atoms with Crippen molar-refractivity contribution in [1.82, 2.24) is 15.2 Å². The number of nitrogens with one attached hydrogen (secondary N) is 1. The second kappa shape index (κ2) is 5.81. The van der Waals surface area contributed by atoms with Gasteiger partial charge in [0.25, 0.3) is 0 Å². The first-order valence-electron chi connectivity index (χ1n) is 7.24. The van der Waals surface area contributed by atoms with Gasteiger partial charge in [-0.05, 0) is 38.5 Å². The Hall–Kier alpha value is -0.580. The van der Waals surface area contributed by atoms with E-state index in [1.165, 1.54) is 25.7 Å². The van der Waals surface area contributed by atoms with E-state index in [0.29, 0.717) is 0 Å². The summed E-state index contributed by atoms with van der Waals surface area (Å²) in [6, 6.07) is 0.367. The number of halogens is 1. The zero-order chi connectivity index (χ0) is 14.0. The van der Waals surface area contributed by atoms with Gasteiger partial charge in [0.2, 0.25) is 0 Å². The van der Waals surface area contributed by atoms with Crippen LogP contribution < -0.4 is 11.3 Å². The van der Waals surface area contributed by atoms with Gasteiger partial charge in [0.1, 0.15) is 0 Å². The number of hydrogen-bond acceptors (Lipinski definition) is 3. The normalized spacial score (nSPS) is 20.1. The Morgan fingerprint density at radius 2 is 2.11 bits per heavy atom. The van der Waals surface area contributed by atoms with Gasteiger partial charge in [-0.2, -0.15) is 5.10 Å². The van der Waals surface area contributed by atoms with Gasteiger partial charge in [0.15, 0.2) is 0 Å². The molecule has 1 fully saturated rings. The standard InChI is InChI=1S/C14H25ClN4/c1-4-14(7-5-6-8-14)13(18-16)12-11(15)9-17-19(12)10(2)3/h9-10,13,18H,4-8,16H2,1-3H3. The third-order valence-corrected chi connectivity index (χ3v) is 4.92. The molecule has 1 unspecified atom stereocenters. The average Bonchev–Trinajstić information content (AvgIpc) is 2.99. The first-order valence-corrected chi connectivity index (χ1v) is 7.62. The molecular weight excluding hydrogens is 260 g/mol. The molecule has 1 aromatic heterocycles. The van der Waals surface area contributed by atoms with Crippen LogP contribution in [0, 0.1) is 5.41 Å². The summed E-state index contributed by atoms with van der Waals surface area (Å²) in [6.07, 6.45) is 7.82. The summed E-state index contributed by atoms with van der Waals surface area (Å²) in [5, 5.41) is 5.13. The van der Waals surface area contributed by atoms with Crippen LogP contribution >= 0.6 is 11.6 Å². The van der Waals surface area contributed by atoms with Crippen molar-refractivity contribution in [1.29, 1.82) is 0 Å². The Bertz CT molecular complexity index is 421. The largest absolute Gasteiger partial charge is 0.271 e. The third-order valence-electron chi connectivity index (χ3n) is 4.63. The zero-order valence-corrected chi connectivity index (χ0v) is 12.9. The molecule has 0 aromatic carbocycles. The van der Waals surface area contributed by atoms with E-state index in [1.807, 2.05) is 4.68 Å². The number of aromatic nitrogens is 2. The molecule has 0 saturated heterocycles. The van der Waals surface area contributed by atoms with Gasteiger partial charge in [-0.1, -0.05) is 31.4 Å². The van der Waals surface area contributed by atoms with Crippen molar-refractivity contribution in [2.45, 2.75) is 65.0 Å². The van der Waals surface area contributed by atoms with Gasteiger partial charge in [-0.3, -0.25) is 16.0 Å². The molecule has 3 N–H and O–H groups in total. The van der Waals surface area contributed by atoms with Crippen LogP contribution in [-0.2, 0) is 0 Å². The summed E-state index contributed by atoms with van der Waals surface area (Å²) in [7, 11) is 0. The zero-order valence-electron chi connectivity index (χ0n) is 12.1. The molecule has 1 aromatic rings. The van der Waals surface area contributed by atoms with Gasteiger partial charge in [-0.15, -0.1) is 0 Å². The number of nitrogens with two attached hydrogens (primary N) is 1. The van der Waals surface area contributed by atoms with Crippen molar-refractivity contribution in [3.8, 4) is 0 Å². The van der Waals surface area contributed by atoms with Crippen LogP contribution in [0.1, 0.15) is 70.7 Å². The van der Waals surface area contributed by atoms with Crippen LogP contribution in [0.3, 0.4) is 0 Å². The van der Waals surface area contributed by atoms with Gasteiger partial charge >= 0.3 is 0 Å². The lowest BCUT2D eigenvalue weighted by Crippen LogP contribution is -2.41. The van der Waals surface area contributed by atoms with E-state index < -0.39 is 0 Å². The van der Waals surface area contributed by atoms with Gasteiger partial charge < -0.3 is 0 Å². The molecule has 0 spiro atoms. The summed E-state index contributed by atoms with van der Waals surface area (Å²) in [6.45, 7) is 6.49. The Morgan fingerprint density at radius 1 is 1.47 bits per heavy atom. The molecule has 0 aliphatic heterocycles. The Labute approximate surface area is 120 Å². The topological polar surface area (TPSA) is 55.9 Å². The van der Waals surface area contributed by atoms with E-state index >= 15 is 0 Å². The van der Waals surface area contributed by atoms with Gasteiger partial charge in [-0.25, -0.2) is 0 Å². The van der Waals surface area contributed by atoms with E-state index in [1.54, 1.807) is 6.20 Å². The summed E-state index contributed by atoms with van der Waals surface area (Å²) in [5.41, 5.74) is 4.29. The average molecular weight is 285 g/mol. The molecule has 4 nitrogen and oxygen atoms in total.